The molecule has 0 aromatic heterocycles. The van der Waals surface area contributed by atoms with Crippen LogP contribution < -0.4 is 10.6 Å². The average molecular weight is 359 g/mol. The second-order valence-electron chi connectivity index (χ2n) is 7.26. The van der Waals surface area contributed by atoms with Crippen molar-refractivity contribution in [3.63, 3.8) is 0 Å². The molecular weight excluding hydrogens is 330 g/mol. The van der Waals surface area contributed by atoms with Crippen molar-refractivity contribution in [3.8, 4) is 0 Å². The highest BCUT2D eigenvalue weighted by Crippen LogP contribution is 2.20. The zero-order valence-electron chi connectivity index (χ0n) is 16.0. The van der Waals surface area contributed by atoms with Gasteiger partial charge in [-0.15, -0.1) is 0 Å². The van der Waals surface area contributed by atoms with Crippen molar-refractivity contribution in [2.75, 3.05) is 11.9 Å². The van der Waals surface area contributed by atoms with Gasteiger partial charge in [0.1, 0.15) is 0 Å². The maximum Gasteiger partial charge on any atom is 0.227 e. The molecule has 3 amide bonds. The Labute approximate surface area is 155 Å². The van der Waals surface area contributed by atoms with Crippen molar-refractivity contribution in [1.82, 2.24) is 10.2 Å². The van der Waals surface area contributed by atoms with Gasteiger partial charge in [-0.25, -0.2) is 0 Å². The molecule has 0 unspecified atom stereocenters. The van der Waals surface area contributed by atoms with Crippen molar-refractivity contribution in [2.45, 2.75) is 53.1 Å². The molecule has 1 saturated heterocycles. The van der Waals surface area contributed by atoms with Gasteiger partial charge in [0.05, 0.1) is 5.92 Å². The maximum atomic E-state index is 12.4. The topological polar surface area (TPSA) is 78.5 Å². The van der Waals surface area contributed by atoms with Crippen molar-refractivity contribution >= 4 is 23.4 Å². The van der Waals surface area contributed by atoms with Crippen LogP contribution in [-0.4, -0.2) is 35.2 Å². The molecule has 1 aromatic carbocycles. The number of amides is 3. The third-order valence-electron chi connectivity index (χ3n) is 4.87. The summed E-state index contributed by atoms with van der Waals surface area (Å²) in [5, 5.41) is 5.80. The van der Waals surface area contributed by atoms with Gasteiger partial charge in [0.15, 0.2) is 0 Å². The predicted octanol–water partition coefficient (Wildman–Crippen LogP) is 2.54. The zero-order chi connectivity index (χ0) is 19.3. The van der Waals surface area contributed by atoms with E-state index in [1.807, 2.05) is 52.0 Å². The quantitative estimate of drug-likeness (QED) is 0.785. The van der Waals surface area contributed by atoms with E-state index in [4.69, 9.17) is 0 Å². The molecule has 2 atom stereocenters. The van der Waals surface area contributed by atoms with Crippen LogP contribution in [-0.2, 0) is 20.9 Å². The summed E-state index contributed by atoms with van der Waals surface area (Å²) in [5.74, 6) is -0.405. The highest BCUT2D eigenvalue weighted by atomic mass is 16.2. The molecular formula is C20H29N3O3. The predicted molar refractivity (Wildman–Crippen MR) is 101 cm³/mol. The Balaban J connectivity index is 1.90. The van der Waals surface area contributed by atoms with Gasteiger partial charge in [-0.2, -0.15) is 0 Å². The molecule has 0 radical (unpaired) electrons. The van der Waals surface area contributed by atoms with Gasteiger partial charge in [-0.1, -0.05) is 26.0 Å². The summed E-state index contributed by atoms with van der Waals surface area (Å²) in [6, 6.07) is 7.57. The molecule has 0 aliphatic carbocycles. The number of carbonyl (C=O) groups excluding carboxylic acids is 3. The molecule has 6 heteroatoms. The first kappa shape index (κ1) is 19.9. The van der Waals surface area contributed by atoms with Crippen LogP contribution in [0, 0.1) is 11.8 Å². The molecule has 1 heterocycles. The molecule has 1 fully saturated rings. The third kappa shape index (κ3) is 5.07. The van der Waals surface area contributed by atoms with Crippen molar-refractivity contribution in [3.05, 3.63) is 29.8 Å². The third-order valence-corrected chi connectivity index (χ3v) is 4.87. The van der Waals surface area contributed by atoms with Crippen molar-refractivity contribution in [1.29, 1.82) is 0 Å². The van der Waals surface area contributed by atoms with E-state index in [1.54, 1.807) is 4.90 Å². The Morgan fingerprint density at radius 3 is 2.62 bits per heavy atom. The molecule has 1 aliphatic heterocycles. The second kappa shape index (κ2) is 8.83. The van der Waals surface area contributed by atoms with Crippen LogP contribution in [0.4, 0.5) is 5.69 Å². The molecule has 0 spiro atoms. The lowest BCUT2D eigenvalue weighted by Crippen LogP contribution is -2.35. The number of hydrogen-bond donors (Lipinski definition) is 2. The minimum Gasteiger partial charge on any atom is -0.352 e. The molecule has 1 aliphatic rings. The molecule has 1 aromatic rings. The smallest absolute Gasteiger partial charge is 0.227 e. The largest absolute Gasteiger partial charge is 0.352 e. The lowest BCUT2D eigenvalue weighted by molar-refractivity contribution is -0.130. The van der Waals surface area contributed by atoms with Crippen molar-refractivity contribution in [2.24, 2.45) is 11.8 Å². The number of likely N-dealkylation sites (tertiary alicyclic amines) is 1. The molecule has 2 rings (SSSR count). The number of benzene rings is 1. The van der Waals surface area contributed by atoms with Crippen LogP contribution in [0.1, 0.15) is 46.1 Å². The fourth-order valence-electron chi connectivity index (χ4n) is 2.95. The van der Waals surface area contributed by atoms with E-state index in [-0.39, 0.29) is 42.0 Å². The number of carbonyl (C=O) groups is 3. The highest BCUT2D eigenvalue weighted by molar-refractivity contribution is 5.92. The van der Waals surface area contributed by atoms with Gasteiger partial charge in [0.2, 0.25) is 17.7 Å². The monoisotopic (exact) mass is 359 g/mol. The van der Waals surface area contributed by atoms with Crippen LogP contribution >= 0.6 is 0 Å². The van der Waals surface area contributed by atoms with E-state index < -0.39 is 0 Å². The molecule has 142 valence electrons. The molecule has 26 heavy (non-hydrogen) atoms. The first-order valence-corrected chi connectivity index (χ1v) is 9.28. The van der Waals surface area contributed by atoms with Gasteiger partial charge in [0.25, 0.3) is 0 Å². The summed E-state index contributed by atoms with van der Waals surface area (Å²) >= 11 is 0. The Bertz CT molecular complexity index is 672. The Hall–Kier alpha value is -2.37. The molecule has 0 bridgehead atoms. The normalized spacial score (nSPS) is 18.1. The first-order valence-electron chi connectivity index (χ1n) is 9.28. The second-order valence-corrected chi connectivity index (χ2v) is 7.26. The lowest BCUT2D eigenvalue weighted by Gasteiger charge is -2.20. The minimum atomic E-state index is -0.293. The van der Waals surface area contributed by atoms with Crippen LogP contribution in [0.3, 0.4) is 0 Å². The summed E-state index contributed by atoms with van der Waals surface area (Å²) in [4.78, 5) is 38.0. The van der Waals surface area contributed by atoms with E-state index in [9.17, 15) is 14.4 Å². The number of hydrogen-bond acceptors (Lipinski definition) is 3. The summed E-state index contributed by atoms with van der Waals surface area (Å²) < 4.78 is 0. The summed E-state index contributed by atoms with van der Waals surface area (Å²) in [5.41, 5.74) is 1.63. The number of rotatable bonds is 7. The van der Waals surface area contributed by atoms with Crippen LogP contribution in [0.25, 0.3) is 0 Å². The Kier molecular flexibility index (Phi) is 6.77. The van der Waals surface area contributed by atoms with Crippen LogP contribution in [0.2, 0.25) is 0 Å². The fraction of sp³-hybridized carbons (Fsp3) is 0.550. The van der Waals surface area contributed by atoms with Gasteiger partial charge in [-0.3, -0.25) is 14.4 Å². The van der Waals surface area contributed by atoms with Gasteiger partial charge in [0, 0.05) is 37.2 Å². The van der Waals surface area contributed by atoms with Gasteiger partial charge < -0.3 is 15.5 Å². The van der Waals surface area contributed by atoms with Crippen LogP contribution in [0.5, 0.6) is 0 Å². The minimum absolute atomic E-state index is 0.00747. The van der Waals surface area contributed by atoms with Crippen LogP contribution in [0.15, 0.2) is 24.3 Å². The Morgan fingerprint density at radius 1 is 1.27 bits per heavy atom. The van der Waals surface area contributed by atoms with E-state index >= 15 is 0 Å². The van der Waals surface area contributed by atoms with E-state index in [2.05, 4.69) is 10.6 Å². The first-order chi connectivity index (χ1) is 12.3. The average Bonchev–Trinajstić information content (AvgIpc) is 3.01. The number of nitrogens with zero attached hydrogens (tertiary/aromatic N) is 1. The van der Waals surface area contributed by atoms with Gasteiger partial charge >= 0.3 is 0 Å². The lowest BCUT2D eigenvalue weighted by atomic mass is 10.1. The van der Waals surface area contributed by atoms with E-state index in [0.717, 1.165) is 17.7 Å². The fourth-order valence-corrected chi connectivity index (χ4v) is 2.95. The number of anilines is 1. The Morgan fingerprint density at radius 2 is 2.00 bits per heavy atom. The zero-order valence-corrected chi connectivity index (χ0v) is 16.0. The van der Waals surface area contributed by atoms with Crippen molar-refractivity contribution < 1.29 is 14.4 Å². The van der Waals surface area contributed by atoms with E-state index in [1.165, 1.54) is 0 Å². The summed E-state index contributed by atoms with van der Waals surface area (Å²) in [6.45, 7) is 8.63. The SMILES string of the molecule is CC[C@H](C)C(=O)Nc1cccc(CNC(=O)[C@@H]2CC(=O)N(C(C)C)C2)c1. The number of nitrogens with one attached hydrogen (secondary N) is 2. The standard InChI is InChI=1S/C20H29N3O3/c1-5-14(4)19(25)22-17-8-6-7-15(9-17)11-21-20(26)16-10-18(24)23(12-16)13(2)3/h6-9,13-14,16H,5,10-12H2,1-4H3,(H,21,26)(H,22,25)/t14-,16+/m0/s1. The molecule has 6 nitrogen and oxygen atoms in total. The maximum absolute atomic E-state index is 12.4. The molecule has 0 saturated carbocycles. The van der Waals surface area contributed by atoms with Gasteiger partial charge in [-0.05, 0) is 38.0 Å². The summed E-state index contributed by atoms with van der Waals surface area (Å²) in [7, 11) is 0. The van der Waals surface area contributed by atoms with E-state index in [0.29, 0.717) is 13.1 Å². The summed E-state index contributed by atoms with van der Waals surface area (Å²) in [6.07, 6.45) is 1.06. The highest BCUT2D eigenvalue weighted by Gasteiger charge is 2.35. The molecule has 2 N–H and O–H groups in total.